The molecule has 1 aliphatic rings. The van der Waals surface area contributed by atoms with Crippen LogP contribution in [0.4, 0.5) is 0 Å². The number of nitrogens with one attached hydrogen (secondary N) is 2. The third-order valence-electron chi connectivity index (χ3n) is 2.94. The molecule has 0 aromatic carbocycles. The molecule has 1 amide bonds. The van der Waals surface area contributed by atoms with E-state index in [-0.39, 0.29) is 0 Å². The van der Waals surface area contributed by atoms with E-state index in [1.807, 2.05) is 4.98 Å². The Morgan fingerprint density at radius 1 is 1.53 bits per heavy atom. The highest BCUT2D eigenvalue weighted by Crippen LogP contribution is 2.27. The molecule has 0 bridgehead atoms. The number of amides is 1. The van der Waals surface area contributed by atoms with Crippen LogP contribution in [0.3, 0.4) is 0 Å². The van der Waals surface area contributed by atoms with E-state index >= 15 is 0 Å². The van der Waals surface area contributed by atoms with Crippen molar-refractivity contribution in [2.45, 2.75) is 24.5 Å². The highest BCUT2D eigenvalue weighted by atomic mass is 16.5. The normalized spacial score (nSPS) is 30.2. The second-order valence-corrected chi connectivity index (χ2v) is 4.07. The number of rotatable bonds is 4. The van der Waals surface area contributed by atoms with Gasteiger partial charge in [0.05, 0.1) is 6.61 Å². The fraction of sp³-hybridized carbons (Fsp3) is 0.500. The topological polar surface area (TPSA) is 134 Å². The smallest absolute Gasteiger partial charge is 0.330 e. The number of carbonyl (C=O) groups is 1. The molecule has 1 aliphatic heterocycles. The van der Waals surface area contributed by atoms with Gasteiger partial charge in [-0.3, -0.25) is 19.1 Å². The van der Waals surface area contributed by atoms with E-state index < -0.39 is 42.3 Å². The van der Waals surface area contributed by atoms with Gasteiger partial charge in [-0.15, -0.1) is 0 Å². The molecule has 1 fully saturated rings. The van der Waals surface area contributed by atoms with Crippen molar-refractivity contribution < 1.29 is 19.7 Å². The fourth-order valence-corrected chi connectivity index (χ4v) is 2.02. The predicted octanol–water partition coefficient (Wildman–Crippen LogP) is -3.10. The molecule has 2 rings (SSSR count). The Morgan fingerprint density at radius 2 is 2.26 bits per heavy atom. The Labute approximate surface area is 106 Å². The zero-order valence-electron chi connectivity index (χ0n) is 9.72. The highest BCUT2D eigenvalue weighted by Gasteiger charge is 2.44. The Balaban J connectivity index is 2.38. The van der Waals surface area contributed by atoms with E-state index in [0.29, 0.717) is 6.41 Å². The molecule has 4 atom stereocenters. The second kappa shape index (κ2) is 5.34. The second-order valence-electron chi connectivity index (χ2n) is 4.07. The maximum atomic E-state index is 11.6. The number of aromatic nitrogens is 2. The number of aliphatic hydroxyl groups excluding tert-OH is 2. The summed E-state index contributed by atoms with van der Waals surface area (Å²) in [6.45, 7) is -0.465. The standard InChI is InChI=1S/C10H13N3O6/c14-3-5-8(17)7(11-4-15)9(19-5)13-2-1-6(16)12-10(13)18/h1-2,4-5,7-9,14,17H,3H2,(H,11,15)(H,12,16,18)/t5-,7-,8-,9-/m1/s1. The van der Waals surface area contributed by atoms with Crippen molar-refractivity contribution in [3.05, 3.63) is 33.1 Å². The molecule has 1 aromatic rings. The summed E-state index contributed by atoms with van der Waals surface area (Å²) in [4.78, 5) is 35.2. The lowest BCUT2D eigenvalue weighted by atomic mass is 10.1. The van der Waals surface area contributed by atoms with Crippen molar-refractivity contribution in [1.29, 1.82) is 0 Å². The molecule has 0 saturated carbocycles. The first kappa shape index (κ1) is 13.5. The van der Waals surface area contributed by atoms with Gasteiger partial charge in [0.15, 0.2) is 6.23 Å². The largest absolute Gasteiger partial charge is 0.394 e. The number of hydrogen-bond acceptors (Lipinski definition) is 6. The molecule has 1 aromatic heterocycles. The average Bonchev–Trinajstić information content (AvgIpc) is 2.68. The van der Waals surface area contributed by atoms with Gasteiger partial charge in [0.2, 0.25) is 6.41 Å². The third kappa shape index (κ3) is 2.43. The predicted molar refractivity (Wildman–Crippen MR) is 61.3 cm³/mol. The molecule has 9 nitrogen and oxygen atoms in total. The van der Waals surface area contributed by atoms with Crippen LogP contribution in [0, 0.1) is 0 Å². The van der Waals surface area contributed by atoms with Gasteiger partial charge in [-0.25, -0.2) is 4.79 Å². The van der Waals surface area contributed by atoms with E-state index in [4.69, 9.17) is 9.84 Å². The van der Waals surface area contributed by atoms with Crippen molar-refractivity contribution in [3.63, 3.8) is 0 Å². The Kier molecular flexibility index (Phi) is 3.79. The lowest BCUT2D eigenvalue weighted by Gasteiger charge is -2.20. The van der Waals surface area contributed by atoms with E-state index in [1.54, 1.807) is 0 Å². The molecule has 2 heterocycles. The van der Waals surface area contributed by atoms with Crippen molar-refractivity contribution in [3.8, 4) is 0 Å². The van der Waals surface area contributed by atoms with E-state index in [2.05, 4.69) is 5.32 Å². The summed E-state index contributed by atoms with van der Waals surface area (Å²) in [7, 11) is 0. The summed E-state index contributed by atoms with van der Waals surface area (Å²) in [5, 5.41) is 21.2. The van der Waals surface area contributed by atoms with Crippen LogP contribution in [0.5, 0.6) is 0 Å². The summed E-state index contributed by atoms with van der Waals surface area (Å²) in [6, 6.07) is 0.208. The molecule has 0 unspecified atom stereocenters. The van der Waals surface area contributed by atoms with Crippen LogP contribution in [-0.2, 0) is 9.53 Å². The van der Waals surface area contributed by atoms with Gasteiger partial charge in [-0.2, -0.15) is 0 Å². The van der Waals surface area contributed by atoms with Crippen LogP contribution in [0.1, 0.15) is 6.23 Å². The maximum absolute atomic E-state index is 11.6. The van der Waals surface area contributed by atoms with E-state index in [9.17, 15) is 19.5 Å². The number of aliphatic hydroxyl groups is 2. The van der Waals surface area contributed by atoms with Crippen molar-refractivity contribution in [2.24, 2.45) is 0 Å². The molecule has 104 valence electrons. The van der Waals surface area contributed by atoms with Gasteiger partial charge in [0, 0.05) is 12.3 Å². The number of nitrogens with zero attached hydrogens (tertiary/aromatic N) is 1. The van der Waals surface area contributed by atoms with Crippen LogP contribution in [0.25, 0.3) is 0 Å². The van der Waals surface area contributed by atoms with Crippen LogP contribution < -0.4 is 16.6 Å². The average molecular weight is 271 g/mol. The minimum absolute atomic E-state index is 0.362. The lowest BCUT2D eigenvalue weighted by molar-refractivity contribution is -0.111. The lowest BCUT2D eigenvalue weighted by Crippen LogP contribution is -2.45. The zero-order valence-corrected chi connectivity index (χ0v) is 9.72. The van der Waals surface area contributed by atoms with Gasteiger partial charge < -0.3 is 20.3 Å². The van der Waals surface area contributed by atoms with E-state index in [0.717, 1.165) is 10.6 Å². The van der Waals surface area contributed by atoms with Crippen LogP contribution in [0.2, 0.25) is 0 Å². The first-order valence-electron chi connectivity index (χ1n) is 5.54. The Morgan fingerprint density at radius 3 is 2.84 bits per heavy atom. The Hall–Kier alpha value is -1.97. The number of carbonyl (C=O) groups excluding carboxylic acids is 1. The molecule has 1 saturated heterocycles. The summed E-state index contributed by atoms with van der Waals surface area (Å²) < 4.78 is 6.34. The van der Waals surface area contributed by atoms with Gasteiger partial charge in [-0.05, 0) is 0 Å². The van der Waals surface area contributed by atoms with Crippen LogP contribution in [-0.4, -0.2) is 51.0 Å². The maximum Gasteiger partial charge on any atom is 0.330 e. The van der Waals surface area contributed by atoms with Gasteiger partial charge in [0.25, 0.3) is 5.56 Å². The van der Waals surface area contributed by atoms with Gasteiger partial charge >= 0.3 is 5.69 Å². The summed E-state index contributed by atoms with van der Waals surface area (Å²) >= 11 is 0. The quantitative estimate of drug-likeness (QED) is 0.429. The summed E-state index contributed by atoms with van der Waals surface area (Å²) in [6.07, 6.45) is -1.56. The molecule has 0 spiro atoms. The molecule has 9 heteroatoms. The van der Waals surface area contributed by atoms with Gasteiger partial charge in [0.1, 0.15) is 18.2 Å². The van der Waals surface area contributed by atoms with Crippen molar-refractivity contribution >= 4 is 6.41 Å². The van der Waals surface area contributed by atoms with Crippen LogP contribution in [0.15, 0.2) is 21.9 Å². The highest BCUT2D eigenvalue weighted by molar-refractivity contribution is 5.47. The molecular formula is C10H13N3O6. The third-order valence-corrected chi connectivity index (χ3v) is 2.94. The molecule has 4 N–H and O–H groups in total. The molecule has 0 radical (unpaired) electrons. The number of aromatic amines is 1. The summed E-state index contributed by atoms with van der Waals surface area (Å²) in [5.74, 6) is 0. The van der Waals surface area contributed by atoms with E-state index in [1.165, 1.54) is 6.20 Å². The molecule has 19 heavy (non-hydrogen) atoms. The number of hydrogen-bond donors (Lipinski definition) is 4. The van der Waals surface area contributed by atoms with Crippen molar-refractivity contribution in [1.82, 2.24) is 14.9 Å². The minimum Gasteiger partial charge on any atom is -0.394 e. The SMILES string of the molecule is O=CN[C@@H]1[C@H](O)[C@@H](CO)O[C@H]1n1ccc(=O)[nH]c1=O. The van der Waals surface area contributed by atoms with Crippen molar-refractivity contribution in [2.75, 3.05) is 6.61 Å². The first-order valence-corrected chi connectivity index (χ1v) is 5.54. The zero-order chi connectivity index (χ0) is 14.0. The fourth-order valence-electron chi connectivity index (χ4n) is 2.02. The monoisotopic (exact) mass is 271 g/mol. The molecular weight excluding hydrogens is 258 g/mol. The minimum atomic E-state index is -1.17. The first-order chi connectivity index (χ1) is 9.08. The Bertz CT molecular complexity index is 567. The summed E-state index contributed by atoms with van der Waals surface area (Å²) in [5.41, 5.74) is -1.31. The van der Waals surface area contributed by atoms with Gasteiger partial charge in [-0.1, -0.05) is 0 Å². The molecule has 0 aliphatic carbocycles. The number of ether oxygens (including phenoxy) is 1. The van der Waals surface area contributed by atoms with Crippen LogP contribution >= 0.6 is 0 Å². The number of H-pyrrole nitrogens is 1.